The fourth-order valence-electron chi connectivity index (χ4n) is 2.06. The van der Waals surface area contributed by atoms with Gasteiger partial charge in [0.25, 0.3) is 0 Å². The molecule has 2 N–H and O–H groups in total. The van der Waals surface area contributed by atoms with Crippen molar-refractivity contribution >= 4 is 5.82 Å². The number of nitrogens with one attached hydrogen (secondary N) is 2. The molecular weight excluding hydrogens is 198 g/mol. The zero-order valence-electron chi connectivity index (χ0n) is 10.2. The van der Waals surface area contributed by atoms with Gasteiger partial charge in [-0.15, -0.1) is 0 Å². The van der Waals surface area contributed by atoms with Crippen LogP contribution >= 0.6 is 0 Å². The predicted octanol–water partition coefficient (Wildman–Crippen LogP) is 2.11. The van der Waals surface area contributed by atoms with Gasteiger partial charge >= 0.3 is 0 Å². The molecule has 0 atom stereocenters. The normalized spacial score (nSPS) is 17.4. The SMILES string of the molecule is Cc1ccc(NCC2CCNCC2)nc1C. The first kappa shape index (κ1) is 11.4. The lowest BCUT2D eigenvalue weighted by Gasteiger charge is -2.23. The Kier molecular flexibility index (Phi) is 3.78. The lowest BCUT2D eigenvalue weighted by molar-refractivity contribution is 0.389. The van der Waals surface area contributed by atoms with E-state index in [1.807, 2.05) is 0 Å². The van der Waals surface area contributed by atoms with E-state index in [4.69, 9.17) is 0 Å². The molecule has 1 aliphatic heterocycles. The molecule has 3 heteroatoms. The highest BCUT2D eigenvalue weighted by Crippen LogP contribution is 2.14. The van der Waals surface area contributed by atoms with E-state index in [9.17, 15) is 0 Å². The highest BCUT2D eigenvalue weighted by Gasteiger charge is 2.12. The van der Waals surface area contributed by atoms with Gasteiger partial charge in [0, 0.05) is 12.2 Å². The molecule has 0 radical (unpaired) electrons. The van der Waals surface area contributed by atoms with Crippen LogP contribution in [0.5, 0.6) is 0 Å². The summed E-state index contributed by atoms with van der Waals surface area (Å²) in [4.78, 5) is 4.53. The van der Waals surface area contributed by atoms with Gasteiger partial charge < -0.3 is 10.6 Å². The van der Waals surface area contributed by atoms with E-state index < -0.39 is 0 Å². The van der Waals surface area contributed by atoms with Crippen LogP contribution in [-0.4, -0.2) is 24.6 Å². The first-order chi connectivity index (χ1) is 7.75. The molecule has 1 aromatic heterocycles. The molecule has 0 bridgehead atoms. The van der Waals surface area contributed by atoms with E-state index in [0.717, 1.165) is 37.1 Å². The van der Waals surface area contributed by atoms with E-state index in [-0.39, 0.29) is 0 Å². The lowest BCUT2D eigenvalue weighted by Crippen LogP contribution is -2.31. The molecule has 2 rings (SSSR count). The molecule has 1 aromatic rings. The Morgan fingerprint density at radius 2 is 2.06 bits per heavy atom. The molecule has 0 spiro atoms. The highest BCUT2D eigenvalue weighted by molar-refractivity contribution is 5.38. The van der Waals surface area contributed by atoms with E-state index in [1.54, 1.807) is 0 Å². The summed E-state index contributed by atoms with van der Waals surface area (Å²) in [6, 6.07) is 4.20. The average Bonchev–Trinajstić information content (AvgIpc) is 2.32. The third kappa shape index (κ3) is 2.95. The summed E-state index contributed by atoms with van der Waals surface area (Å²) in [5, 5.41) is 6.83. The van der Waals surface area contributed by atoms with Crippen molar-refractivity contribution in [3.05, 3.63) is 23.4 Å². The van der Waals surface area contributed by atoms with Crippen LogP contribution in [0.2, 0.25) is 0 Å². The molecule has 1 aliphatic rings. The minimum Gasteiger partial charge on any atom is -0.370 e. The molecular formula is C13H21N3. The number of pyridine rings is 1. The molecule has 0 saturated carbocycles. The van der Waals surface area contributed by atoms with E-state index >= 15 is 0 Å². The molecule has 3 nitrogen and oxygen atoms in total. The Bertz CT molecular complexity index is 343. The number of hydrogen-bond donors (Lipinski definition) is 2. The molecule has 0 aromatic carbocycles. The summed E-state index contributed by atoms with van der Waals surface area (Å²) in [6.07, 6.45) is 2.55. The summed E-state index contributed by atoms with van der Waals surface area (Å²) in [6.45, 7) is 7.53. The van der Waals surface area contributed by atoms with Crippen LogP contribution in [0.25, 0.3) is 0 Å². The molecule has 1 fully saturated rings. The van der Waals surface area contributed by atoms with Crippen LogP contribution in [0.3, 0.4) is 0 Å². The van der Waals surface area contributed by atoms with E-state index in [0.29, 0.717) is 0 Å². The molecule has 0 amide bonds. The topological polar surface area (TPSA) is 37.0 Å². The van der Waals surface area contributed by atoms with Gasteiger partial charge in [0.05, 0.1) is 0 Å². The van der Waals surface area contributed by atoms with Crippen LogP contribution < -0.4 is 10.6 Å². The minimum atomic E-state index is 0.796. The van der Waals surface area contributed by atoms with Gasteiger partial charge in [-0.05, 0) is 57.3 Å². The van der Waals surface area contributed by atoms with Gasteiger partial charge in [-0.1, -0.05) is 6.07 Å². The third-order valence-corrected chi connectivity index (χ3v) is 3.38. The number of hydrogen-bond acceptors (Lipinski definition) is 3. The zero-order chi connectivity index (χ0) is 11.4. The smallest absolute Gasteiger partial charge is 0.126 e. The second-order valence-corrected chi connectivity index (χ2v) is 4.67. The van der Waals surface area contributed by atoms with Gasteiger partial charge in [-0.2, -0.15) is 0 Å². The first-order valence-electron chi connectivity index (χ1n) is 6.14. The Hall–Kier alpha value is -1.09. The quantitative estimate of drug-likeness (QED) is 0.817. The third-order valence-electron chi connectivity index (χ3n) is 3.38. The Morgan fingerprint density at radius 3 is 2.75 bits per heavy atom. The summed E-state index contributed by atoms with van der Waals surface area (Å²) < 4.78 is 0. The van der Waals surface area contributed by atoms with Gasteiger partial charge in [-0.25, -0.2) is 4.98 Å². The van der Waals surface area contributed by atoms with Crippen LogP contribution in [0, 0.1) is 19.8 Å². The van der Waals surface area contributed by atoms with Gasteiger partial charge in [0.15, 0.2) is 0 Å². The predicted molar refractivity (Wildman–Crippen MR) is 67.8 cm³/mol. The molecule has 1 saturated heterocycles. The van der Waals surface area contributed by atoms with E-state index in [1.165, 1.54) is 18.4 Å². The first-order valence-corrected chi connectivity index (χ1v) is 6.14. The molecule has 0 aliphatic carbocycles. The van der Waals surface area contributed by atoms with Crippen LogP contribution in [-0.2, 0) is 0 Å². The molecule has 0 unspecified atom stereocenters. The Balaban J connectivity index is 1.86. The van der Waals surface area contributed by atoms with Gasteiger partial charge in [-0.3, -0.25) is 0 Å². The zero-order valence-corrected chi connectivity index (χ0v) is 10.2. The standard InChI is InChI=1S/C13H21N3/c1-10-3-4-13(16-11(10)2)15-9-12-5-7-14-8-6-12/h3-4,12,14H,5-9H2,1-2H3,(H,15,16). The maximum Gasteiger partial charge on any atom is 0.126 e. The number of anilines is 1. The fourth-order valence-corrected chi connectivity index (χ4v) is 2.06. The fraction of sp³-hybridized carbons (Fsp3) is 0.615. The summed E-state index contributed by atoms with van der Waals surface area (Å²) in [5.41, 5.74) is 2.38. The maximum absolute atomic E-state index is 4.53. The molecule has 2 heterocycles. The van der Waals surface area contributed by atoms with E-state index in [2.05, 4.69) is 41.6 Å². The molecule has 88 valence electrons. The summed E-state index contributed by atoms with van der Waals surface area (Å²) in [7, 11) is 0. The highest BCUT2D eigenvalue weighted by atomic mass is 15.0. The van der Waals surface area contributed by atoms with Crippen molar-refractivity contribution in [2.75, 3.05) is 25.0 Å². The number of aromatic nitrogens is 1. The summed E-state index contributed by atoms with van der Waals surface area (Å²) in [5.74, 6) is 1.81. The maximum atomic E-state index is 4.53. The number of nitrogens with zero attached hydrogens (tertiary/aromatic N) is 1. The largest absolute Gasteiger partial charge is 0.370 e. The van der Waals surface area contributed by atoms with Crippen LogP contribution in [0.15, 0.2) is 12.1 Å². The van der Waals surface area contributed by atoms with Crippen molar-refractivity contribution in [1.29, 1.82) is 0 Å². The second-order valence-electron chi connectivity index (χ2n) is 4.67. The van der Waals surface area contributed by atoms with Gasteiger partial charge in [0.2, 0.25) is 0 Å². The van der Waals surface area contributed by atoms with Crippen LogP contribution in [0.1, 0.15) is 24.1 Å². The van der Waals surface area contributed by atoms with Crippen molar-refractivity contribution in [2.45, 2.75) is 26.7 Å². The monoisotopic (exact) mass is 219 g/mol. The lowest BCUT2D eigenvalue weighted by atomic mass is 9.98. The number of aryl methyl sites for hydroxylation is 2. The Morgan fingerprint density at radius 1 is 1.31 bits per heavy atom. The second kappa shape index (κ2) is 5.30. The average molecular weight is 219 g/mol. The van der Waals surface area contributed by atoms with Crippen molar-refractivity contribution in [3.8, 4) is 0 Å². The van der Waals surface area contributed by atoms with Crippen molar-refractivity contribution in [1.82, 2.24) is 10.3 Å². The Labute approximate surface area is 97.7 Å². The van der Waals surface area contributed by atoms with Crippen molar-refractivity contribution in [2.24, 2.45) is 5.92 Å². The van der Waals surface area contributed by atoms with Crippen molar-refractivity contribution < 1.29 is 0 Å². The molecule has 16 heavy (non-hydrogen) atoms. The summed E-state index contributed by atoms with van der Waals surface area (Å²) >= 11 is 0. The minimum absolute atomic E-state index is 0.796. The number of rotatable bonds is 3. The number of piperidine rings is 1. The van der Waals surface area contributed by atoms with Crippen LogP contribution in [0.4, 0.5) is 5.82 Å². The van der Waals surface area contributed by atoms with Gasteiger partial charge in [0.1, 0.15) is 5.82 Å². The van der Waals surface area contributed by atoms with Crippen molar-refractivity contribution in [3.63, 3.8) is 0 Å².